The molecule has 1 aliphatic heterocycles. The van der Waals surface area contributed by atoms with Crippen molar-refractivity contribution in [1.82, 2.24) is 4.90 Å². The Labute approximate surface area is 140 Å². The minimum Gasteiger partial charge on any atom is -0.867 e. The molecule has 0 atom stereocenters. The minimum atomic E-state index is -0.811. The van der Waals surface area contributed by atoms with Gasteiger partial charge in [-0.25, -0.2) is 0 Å². The molecule has 0 spiro atoms. The van der Waals surface area contributed by atoms with Crippen molar-refractivity contribution in [2.24, 2.45) is 0 Å². The number of carbonyl (C=O) groups is 1. The van der Waals surface area contributed by atoms with Crippen molar-refractivity contribution in [3.8, 4) is 5.75 Å². The number of nitro groups is 1. The molecule has 1 aromatic rings. The molecule has 9 heteroatoms. The molecular formula is C13H8ClN2O4S2-. The Morgan fingerprint density at radius 2 is 2.18 bits per heavy atom. The third kappa shape index (κ3) is 3.13. The molecule has 6 nitrogen and oxygen atoms in total. The summed E-state index contributed by atoms with van der Waals surface area (Å²) in [6.45, 7) is 3.79. The second-order valence-corrected chi connectivity index (χ2v) is 6.29. The highest BCUT2D eigenvalue weighted by molar-refractivity contribution is 8.26. The van der Waals surface area contributed by atoms with Gasteiger partial charge < -0.3 is 5.11 Å². The number of thiocarbonyl (C=S) groups is 1. The molecule has 2 rings (SSSR count). The van der Waals surface area contributed by atoms with Gasteiger partial charge >= 0.3 is 0 Å². The monoisotopic (exact) mass is 355 g/mol. The van der Waals surface area contributed by atoms with Crippen LogP contribution in [0.1, 0.15) is 5.56 Å². The van der Waals surface area contributed by atoms with Crippen LogP contribution >= 0.6 is 35.6 Å². The maximum Gasteiger partial charge on any atom is 0.266 e. The zero-order valence-electron chi connectivity index (χ0n) is 10.9. The van der Waals surface area contributed by atoms with Crippen molar-refractivity contribution in [1.29, 1.82) is 0 Å². The number of hydrogen-bond acceptors (Lipinski definition) is 6. The molecule has 0 saturated carbocycles. The fourth-order valence-corrected chi connectivity index (χ4v) is 3.26. The van der Waals surface area contributed by atoms with E-state index in [4.69, 9.17) is 23.8 Å². The molecular weight excluding hydrogens is 348 g/mol. The van der Waals surface area contributed by atoms with Gasteiger partial charge in [0.15, 0.2) is 0 Å². The number of amides is 1. The first-order chi connectivity index (χ1) is 10.3. The van der Waals surface area contributed by atoms with Gasteiger partial charge in [-0.05, 0) is 23.5 Å². The predicted octanol–water partition coefficient (Wildman–Crippen LogP) is 2.71. The fourth-order valence-electron chi connectivity index (χ4n) is 1.77. The molecule has 0 N–H and O–H groups in total. The lowest BCUT2D eigenvalue weighted by Crippen LogP contribution is -2.27. The molecule has 114 valence electrons. The van der Waals surface area contributed by atoms with E-state index in [1.807, 2.05) is 0 Å². The number of benzene rings is 1. The van der Waals surface area contributed by atoms with E-state index in [0.717, 1.165) is 17.8 Å². The molecule has 1 amide bonds. The molecule has 1 aliphatic rings. The van der Waals surface area contributed by atoms with Crippen molar-refractivity contribution in [3.63, 3.8) is 0 Å². The van der Waals surface area contributed by atoms with Gasteiger partial charge in [0.25, 0.3) is 11.6 Å². The van der Waals surface area contributed by atoms with E-state index in [1.54, 1.807) is 0 Å². The van der Waals surface area contributed by atoms with Crippen LogP contribution in [0.4, 0.5) is 5.69 Å². The number of rotatable bonds is 4. The highest BCUT2D eigenvalue weighted by atomic mass is 35.5. The molecule has 0 unspecified atom stereocenters. The average Bonchev–Trinajstić information content (AvgIpc) is 2.70. The van der Waals surface area contributed by atoms with Crippen molar-refractivity contribution in [2.45, 2.75) is 0 Å². The standard InChI is InChI=1S/C13H9ClN2O4S2/c1-2-3-15-12(18)10(22-13(15)21)5-7-4-8(14)6-9(11(7)17)16(19)20/h2,4-6,17H,1,3H2/p-1/b10-5-. The van der Waals surface area contributed by atoms with E-state index in [-0.39, 0.29) is 27.9 Å². The molecule has 1 heterocycles. The Bertz CT molecular complexity index is 733. The number of nitro benzene ring substituents is 1. The number of hydrogen-bond donors (Lipinski definition) is 0. The third-order valence-electron chi connectivity index (χ3n) is 2.73. The van der Waals surface area contributed by atoms with Crippen LogP contribution in [0.3, 0.4) is 0 Å². The van der Waals surface area contributed by atoms with Crippen molar-refractivity contribution in [3.05, 3.63) is 50.4 Å². The maximum absolute atomic E-state index is 12.2. The van der Waals surface area contributed by atoms with Crippen LogP contribution in [0.5, 0.6) is 5.75 Å². The Balaban J connectivity index is 2.46. The quantitative estimate of drug-likeness (QED) is 0.271. The fraction of sp³-hybridized carbons (Fsp3) is 0.0769. The highest BCUT2D eigenvalue weighted by Gasteiger charge is 2.31. The molecule has 0 aromatic heterocycles. The van der Waals surface area contributed by atoms with Crippen LogP contribution in [-0.4, -0.2) is 26.6 Å². The van der Waals surface area contributed by atoms with E-state index >= 15 is 0 Å². The summed E-state index contributed by atoms with van der Waals surface area (Å²) < 4.78 is 0.333. The summed E-state index contributed by atoms with van der Waals surface area (Å²) in [6.07, 6.45) is 2.79. The number of thioether (sulfide) groups is 1. The zero-order valence-corrected chi connectivity index (χ0v) is 13.3. The van der Waals surface area contributed by atoms with E-state index in [2.05, 4.69) is 6.58 Å². The Kier molecular flexibility index (Phi) is 4.84. The molecule has 0 bridgehead atoms. The van der Waals surface area contributed by atoms with E-state index in [0.29, 0.717) is 4.32 Å². The summed E-state index contributed by atoms with van der Waals surface area (Å²) in [5.74, 6) is -1.18. The van der Waals surface area contributed by atoms with Gasteiger partial charge in [0, 0.05) is 17.6 Å². The topological polar surface area (TPSA) is 86.5 Å². The molecule has 0 aliphatic carbocycles. The average molecular weight is 356 g/mol. The lowest BCUT2D eigenvalue weighted by molar-refractivity contribution is -0.398. The van der Waals surface area contributed by atoms with Gasteiger partial charge in [0.2, 0.25) is 0 Å². The number of nitrogens with zero attached hydrogens (tertiary/aromatic N) is 2. The lowest BCUT2D eigenvalue weighted by Gasteiger charge is -2.12. The molecule has 1 aromatic carbocycles. The third-order valence-corrected chi connectivity index (χ3v) is 4.33. The molecule has 22 heavy (non-hydrogen) atoms. The van der Waals surface area contributed by atoms with Crippen molar-refractivity contribution in [2.75, 3.05) is 6.54 Å². The first kappa shape index (κ1) is 16.5. The van der Waals surface area contributed by atoms with Gasteiger partial charge in [-0.15, -0.1) is 6.58 Å². The van der Waals surface area contributed by atoms with Gasteiger partial charge in [0.1, 0.15) is 4.32 Å². The highest BCUT2D eigenvalue weighted by Crippen LogP contribution is 2.37. The summed E-state index contributed by atoms with van der Waals surface area (Å²) in [5.41, 5.74) is -0.668. The van der Waals surface area contributed by atoms with Crippen LogP contribution < -0.4 is 5.11 Å². The predicted molar refractivity (Wildman–Crippen MR) is 87.6 cm³/mol. The SMILES string of the molecule is C=CCN1C(=O)/C(=C/c2cc(Cl)cc([N+](=O)[O-])c2[O-])SC1=S. The summed E-state index contributed by atoms with van der Waals surface area (Å²) >= 11 is 11.9. The molecule has 1 fully saturated rings. The molecule has 0 radical (unpaired) electrons. The summed E-state index contributed by atoms with van der Waals surface area (Å²) in [4.78, 5) is 23.7. The van der Waals surface area contributed by atoms with E-state index in [9.17, 15) is 20.0 Å². The summed E-state index contributed by atoms with van der Waals surface area (Å²) in [6, 6.07) is 2.25. The van der Waals surface area contributed by atoms with E-state index in [1.165, 1.54) is 23.1 Å². The smallest absolute Gasteiger partial charge is 0.266 e. The number of halogens is 1. The number of carbonyl (C=O) groups excluding carboxylic acids is 1. The normalized spacial score (nSPS) is 16.4. The second kappa shape index (κ2) is 6.47. The largest absolute Gasteiger partial charge is 0.867 e. The van der Waals surface area contributed by atoms with Crippen LogP contribution in [-0.2, 0) is 4.79 Å². The first-order valence-electron chi connectivity index (χ1n) is 5.86. The Morgan fingerprint density at radius 1 is 1.50 bits per heavy atom. The Hall–Kier alpha value is -1.90. The summed E-state index contributed by atoms with van der Waals surface area (Å²) in [7, 11) is 0. The van der Waals surface area contributed by atoms with Gasteiger partial charge in [0.05, 0.1) is 9.83 Å². The second-order valence-electron chi connectivity index (χ2n) is 4.18. The van der Waals surface area contributed by atoms with Gasteiger partial charge in [-0.1, -0.05) is 41.7 Å². The van der Waals surface area contributed by atoms with Crippen LogP contribution in [0.25, 0.3) is 6.08 Å². The van der Waals surface area contributed by atoms with Crippen molar-refractivity contribution >= 4 is 57.6 Å². The van der Waals surface area contributed by atoms with E-state index < -0.39 is 16.4 Å². The van der Waals surface area contributed by atoms with Crippen LogP contribution in [0, 0.1) is 10.1 Å². The lowest BCUT2D eigenvalue weighted by atomic mass is 10.1. The van der Waals surface area contributed by atoms with Gasteiger partial charge in [-0.2, -0.15) is 0 Å². The van der Waals surface area contributed by atoms with Gasteiger partial charge in [-0.3, -0.25) is 19.8 Å². The van der Waals surface area contributed by atoms with Crippen LogP contribution in [0.2, 0.25) is 5.02 Å². The first-order valence-corrected chi connectivity index (χ1v) is 7.46. The molecule has 1 saturated heterocycles. The minimum absolute atomic E-state index is 0.0293. The Morgan fingerprint density at radius 3 is 2.77 bits per heavy atom. The maximum atomic E-state index is 12.2. The van der Waals surface area contributed by atoms with Crippen LogP contribution in [0.15, 0.2) is 29.7 Å². The zero-order chi connectivity index (χ0) is 16.4. The van der Waals surface area contributed by atoms with Crippen molar-refractivity contribution < 1.29 is 14.8 Å². The summed E-state index contributed by atoms with van der Waals surface area (Å²) in [5, 5.41) is 22.9.